The number of phenolic OH excluding ortho intramolecular Hbond substituents is 1. The quantitative estimate of drug-likeness (QED) is 0.791. The Kier molecular flexibility index (Phi) is 4.66. The number of aromatic hydroxyl groups is 1. The van der Waals surface area contributed by atoms with Crippen molar-refractivity contribution in [1.82, 2.24) is 15.2 Å². The average molecular weight is 342 g/mol. The Balaban J connectivity index is 2.37. The fraction of sp³-hybridized carbons (Fsp3) is 0.400. The number of hydrogen-bond acceptors (Lipinski definition) is 6. The molecule has 2 aromatic rings. The maximum absolute atomic E-state index is 12.6. The summed E-state index contributed by atoms with van der Waals surface area (Å²) in [5, 5.41) is 29.8. The fourth-order valence-corrected chi connectivity index (χ4v) is 1.96. The topological polar surface area (TPSA) is 91.2 Å². The number of anilines is 1. The van der Waals surface area contributed by atoms with Crippen LogP contribution in [0, 0.1) is 6.92 Å². The van der Waals surface area contributed by atoms with E-state index in [1.807, 2.05) is 0 Å². The molecular weight excluding hydrogens is 325 g/mol. The highest BCUT2D eigenvalue weighted by atomic mass is 19.4. The Morgan fingerprint density at radius 1 is 1.17 bits per heavy atom. The average Bonchev–Trinajstić information content (AvgIpc) is 2.47. The molecule has 2 rings (SSSR count). The lowest BCUT2D eigenvalue weighted by Gasteiger charge is -2.23. The normalized spacial score (nSPS) is 12.3. The van der Waals surface area contributed by atoms with Crippen LogP contribution < -0.4 is 5.32 Å². The largest absolute Gasteiger partial charge is 0.507 e. The molecule has 0 saturated carbocycles. The van der Waals surface area contributed by atoms with Crippen molar-refractivity contribution in [3.8, 4) is 17.0 Å². The van der Waals surface area contributed by atoms with E-state index < -0.39 is 23.0 Å². The molecule has 0 bridgehead atoms. The van der Waals surface area contributed by atoms with Gasteiger partial charge in [0.25, 0.3) is 0 Å². The van der Waals surface area contributed by atoms with Crippen LogP contribution in [0.5, 0.6) is 5.75 Å². The van der Waals surface area contributed by atoms with Crippen molar-refractivity contribution >= 4 is 5.95 Å². The second-order valence-corrected chi connectivity index (χ2v) is 5.97. The highest BCUT2D eigenvalue weighted by Gasteiger charge is 2.31. The van der Waals surface area contributed by atoms with Gasteiger partial charge in [0.15, 0.2) is 0 Å². The number of hydrogen-bond donors (Lipinski definition) is 3. The van der Waals surface area contributed by atoms with Crippen LogP contribution in [-0.2, 0) is 6.18 Å². The van der Waals surface area contributed by atoms with Crippen LogP contribution in [0.4, 0.5) is 19.1 Å². The van der Waals surface area contributed by atoms with Crippen molar-refractivity contribution in [2.75, 3.05) is 11.9 Å². The first-order chi connectivity index (χ1) is 11.0. The zero-order valence-electron chi connectivity index (χ0n) is 13.3. The maximum atomic E-state index is 12.6. The first kappa shape index (κ1) is 17.9. The first-order valence-electron chi connectivity index (χ1n) is 7.04. The molecule has 0 saturated heterocycles. The van der Waals surface area contributed by atoms with Crippen LogP contribution in [0.2, 0.25) is 0 Å². The summed E-state index contributed by atoms with van der Waals surface area (Å²) in [4.78, 5) is 4.17. The zero-order valence-corrected chi connectivity index (χ0v) is 13.3. The molecule has 130 valence electrons. The van der Waals surface area contributed by atoms with E-state index in [4.69, 9.17) is 0 Å². The highest BCUT2D eigenvalue weighted by Crippen LogP contribution is 2.36. The summed E-state index contributed by atoms with van der Waals surface area (Å²) in [7, 11) is 0. The molecular formula is C15H17F3N4O2. The molecule has 0 spiro atoms. The molecule has 0 aliphatic heterocycles. The van der Waals surface area contributed by atoms with Gasteiger partial charge in [-0.05, 0) is 39.0 Å². The molecule has 0 aliphatic carbocycles. The predicted molar refractivity (Wildman–Crippen MR) is 81.5 cm³/mol. The SMILES string of the molecule is Cc1nc(NC(C)(C)CO)nnc1-c1ccc(C(F)(F)F)cc1O. The number of nitrogens with one attached hydrogen (secondary N) is 1. The Labute approximate surface area is 136 Å². The molecule has 9 heteroatoms. The molecule has 1 aromatic heterocycles. The number of nitrogens with zero attached hydrogens (tertiary/aromatic N) is 3. The van der Waals surface area contributed by atoms with E-state index >= 15 is 0 Å². The van der Waals surface area contributed by atoms with Crippen LogP contribution in [0.15, 0.2) is 18.2 Å². The van der Waals surface area contributed by atoms with Crippen molar-refractivity contribution in [2.45, 2.75) is 32.5 Å². The fourth-order valence-electron chi connectivity index (χ4n) is 1.96. The van der Waals surface area contributed by atoms with Crippen LogP contribution in [-0.4, -0.2) is 37.5 Å². The van der Waals surface area contributed by atoms with E-state index in [2.05, 4.69) is 20.5 Å². The van der Waals surface area contributed by atoms with Crippen LogP contribution >= 0.6 is 0 Å². The lowest BCUT2D eigenvalue weighted by Crippen LogP contribution is -2.35. The summed E-state index contributed by atoms with van der Waals surface area (Å²) < 4.78 is 37.9. The molecule has 24 heavy (non-hydrogen) atoms. The third-order valence-electron chi connectivity index (χ3n) is 3.29. The van der Waals surface area contributed by atoms with E-state index in [1.165, 1.54) is 0 Å². The second-order valence-electron chi connectivity index (χ2n) is 5.97. The number of rotatable bonds is 4. The van der Waals surface area contributed by atoms with E-state index in [-0.39, 0.29) is 23.8 Å². The number of alkyl halides is 3. The number of phenols is 1. The van der Waals surface area contributed by atoms with Crippen LogP contribution in [0.1, 0.15) is 25.1 Å². The Hall–Kier alpha value is -2.42. The molecule has 0 fully saturated rings. The number of benzene rings is 1. The molecule has 0 unspecified atom stereocenters. The lowest BCUT2D eigenvalue weighted by molar-refractivity contribution is -0.137. The molecule has 0 amide bonds. The van der Waals surface area contributed by atoms with Gasteiger partial charge in [-0.3, -0.25) is 0 Å². The molecule has 3 N–H and O–H groups in total. The molecule has 0 aliphatic rings. The zero-order chi connectivity index (χ0) is 18.1. The number of aromatic nitrogens is 3. The summed E-state index contributed by atoms with van der Waals surface area (Å²) >= 11 is 0. The first-order valence-corrected chi connectivity index (χ1v) is 7.04. The van der Waals surface area contributed by atoms with Gasteiger partial charge in [-0.2, -0.15) is 13.2 Å². The highest BCUT2D eigenvalue weighted by molar-refractivity contribution is 5.69. The molecule has 6 nitrogen and oxygen atoms in total. The van der Waals surface area contributed by atoms with Crippen molar-refractivity contribution < 1.29 is 23.4 Å². The smallest absolute Gasteiger partial charge is 0.416 e. The van der Waals surface area contributed by atoms with Gasteiger partial charge in [0.05, 0.1) is 23.4 Å². The standard InChI is InChI=1S/C15H17F3N4O2/c1-8-12(21-22-13(19-8)20-14(2,3)7-23)10-5-4-9(6-11(10)24)15(16,17)18/h4-6,23-24H,7H2,1-3H3,(H,19,20,22). The van der Waals surface area contributed by atoms with Gasteiger partial charge in [0.2, 0.25) is 5.95 Å². The van der Waals surface area contributed by atoms with Crippen molar-refractivity contribution in [3.63, 3.8) is 0 Å². The number of halogens is 3. The van der Waals surface area contributed by atoms with Gasteiger partial charge in [-0.1, -0.05) is 0 Å². The summed E-state index contributed by atoms with van der Waals surface area (Å²) in [5.41, 5.74) is -0.963. The molecule has 1 heterocycles. The minimum absolute atomic E-state index is 0.105. The third kappa shape index (κ3) is 3.91. The van der Waals surface area contributed by atoms with Gasteiger partial charge in [-0.25, -0.2) is 4.98 Å². The number of aliphatic hydroxyl groups is 1. The number of aliphatic hydroxyl groups excluding tert-OH is 1. The van der Waals surface area contributed by atoms with Crippen molar-refractivity contribution in [1.29, 1.82) is 0 Å². The Bertz CT molecular complexity index is 748. The van der Waals surface area contributed by atoms with E-state index in [0.29, 0.717) is 11.8 Å². The van der Waals surface area contributed by atoms with Gasteiger partial charge in [0, 0.05) is 5.56 Å². The minimum atomic E-state index is -4.54. The summed E-state index contributed by atoms with van der Waals surface area (Å²) in [6, 6.07) is 2.62. The minimum Gasteiger partial charge on any atom is -0.507 e. The van der Waals surface area contributed by atoms with Gasteiger partial charge in [-0.15, -0.1) is 10.2 Å². The monoisotopic (exact) mass is 342 g/mol. The van der Waals surface area contributed by atoms with Crippen molar-refractivity contribution in [2.24, 2.45) is 0 Å². The van der Waals surface area contributed by atoms with Crippen LogP contribution in [0.25, 0.3) is 11.3 Å². The summed E-state index contributed by atoms with van der Waals surface area (Å²) in [6.07, 6.45) is -4.54. The van der Waals surface area contributed by atoms with E-state index in [0.717, 1.165) is 12.1 Å². The van der Waals surface area contributed by atoms with Crippen LogP contribution in [0.3, 0.4) is 0 Å². The molecule has 0 radical (unpaired) electrons. The molecule has 1 aromatic carbocycles. The Morgan fingerprint density at radius 2 is 1.83 bits per heavy atom. The van der Waals surface area contributed by atoms with E-state index in [9.17, 15) is 23.4 Å². The second kappa shape index (κ2) is 6.23. The summed E-state index contributed by atoms with van der Waals surface area (Å²) in [5.74, 6) is -0.387. The maximum Gasteiger partial charge on any atom is 0.416 e. The Morgan fingerprint density at radius 3 is 2.33 bits per heavy atom. The lowest BCUT2D eigenvalue weighted by atomic mass is 10.1. The molecule has 0 atom stereocenters. The van der Waals surface area contributed by atoms with E-state index in [1.54, 1.807) is 20.8 Å². The van der Waals surface area contributed by atoms with Gasteiger partial charge < -0.3 is 15.5 Å². The summed E-state index contributed by atoms with van der Waals surface area (Å²) in [6.45, 7) is 4.91. The van der Waals surface area contributed by atoms with Gasteiger partial charge in [0.1, 0.15) is 11.4 Å². The predicted octanol–water partition coefficient (Wildman–Crippen LogP) is 2.75. The third-order valence-corrected chi connectivity index (χ3v) is 3.29. The van der Waals surface area contributed by atoms with Gasteiger partial charge >= 0.3 is 6.18 Å². The van der Waals surface area contributed by atoms with Crippen molar-refractivity contribution in [3.05, 3.63) is 29.5 Å². The number of aryl methyl sites for hydroxylation is 1.